The van der Waals surface area contributed by atoms with E-state index in [4.69, 9.17) is 16.7 Å². The number of alkyl halides is 1. The van der Waals surface area contributed by atoms with E-state index in [0.717, 1.165) is 0 Å². The minimum absolute atomic E-state index is 0.00102. The molecule has 0 saturated carbocycles. The van der Waals surface area contributed by atoms with Gasteiger partial charge in [0.15, 0.2) is 0 Å². The highest BCUT2D eigenvalue weighted by Crippen LogP contribution is 2.01. The summed E-state index contributed by atoms with van der Waals surface area (Å²) < 4.78 is 4.63. The van der Waals surface area contributed by atoms with Gasteiger partial charge in [0.1, 0.15) is 5.38 Å². The maximum Gasteiger partial charge on any atom is 0.331 e. The highest BCUT2D eigenvalue weighted by Gasteiger charge is 2.11. The Bertz CT molecular complexity index is 222. The van der Waals surface area contributed by atoms with Crippen molar-refractivity contribution in [1.82, 2.24) is 0 Å². The summed E-state index contributed by atoms with van der Waals surface area (Å²) in [6, 6.07) is 0. The zero-order valence-corrected chi connectivity index (χ0v) is 8.00. The van der Waals surface area contributed by atoms with Crippen molar-refractivity contribution in [3.8, 4) is 0 Å². The van der Waals surface area contributed by atoms with Crippen LogP contribution in [0.3, 0.4) is 0 Å². The lowest BCUT2D eigenvalue weighted by Crippen LogP contribution is -2.16. The van der Waals surface area contributed by atoms with Crippen LogP contribution in [-0.4, -0.2) is 29.0 Å². The molecule has 0 heterocycles. The molecular formula is C8H11ClO4. The minimum atomic E-state index is -1.09. The number of hydrogen-bond donors (Lipinski definition) is 1. The molecule has 0 fully saturated rings. The molecule has 0 aromatic heterocycles. The second-order valence-corrected chi connectivity index (χ2v) is 3.10. The Morgan fingerprint density at radius 3 is 2.54 bits per heavy atom. The average Bonchev–Trinajstić information content (AvgIpc) is 2.03. The zero-order valence-electron chi connectivity index (χ0n) is 7.25. The Labute approximate surface area is 81.1 Å². The summed E-state index contributed by atoms with van der Waals surface area (Å²) in [4.78, 5) is 21.0. The zero-order chi connectivity index (χ0) is 10.4. The van der Waals surface area contributed by atoms with Crippen LogP contribution in [-0.2, 0) is 14.3 Å². The van der Waals surface area contributed by atoms with Gasteiger partial charge in [0.2, 0.25) is 0 Å². The number of ether oxygens (including phenoxy) is 1. The summed E-state index contributed by atoms with van der Waals surface area (Å²) in [5.41, 5.74) is 0.00928. The van der Waals surface area contributed by atoms with Crippen molar-refractivity contribution >= 4 is 23.5 Å². The van der Waals surface area contributed by atoms with Gasteiger partial charge in [0.25, 0.3) is 0 Å². The third-order valence-corrected chi connectivity index (χ3v) is 1.45. The normalized spacial score (nSPS) is 11.8. The van der Waals surface area contributed by atoms with Crippen molar-refractivity contribution in [3.05, 3.63) is 12.2 Å². The summed E-state index contributed by atoms with van der Waals surface area (Å²) in [6.45, 7) is 4.76. The third-order valence-electron chi connectivity index (χ3n) is 1.28. The number of carbonyl (C=O) groups excluding carboxylic acids is 1. The molecule has 0 saturated heterocycles. The average molecular weight is 207 g/mol. The van der Waals surface area contributed by atoms with E-state index in [2.05, 4.69) is 11.3 Å². The number of rotatable bonds is 5. The number of halogens is 1. The van der Waals surface area contributed by atoms with Gasteiger partial charge in [-0.15, -0.1) is 11.6 Å². The quantitative estimate of drug-likeness (QED) is 0.417. The number of carbonyl (C=O) groups is 2. The number of esters is 1. The molecule has 0 aromatic rings. The van der Waals surface area contributed by atoms with E-state index in [1.165, 1.54) is 6.92 Å². The van der Waals surface area contributed by atoms with E-state index < -0.39 is 17.3 Å². The predicted octanol–water partition coefficient (Wildman–Crippen LogP) is 1.19. The highest BCUT2D eigenvalue weighted by molar-refractivity contribution is 6.29. The van der Waals surface area contributed by atoms with Crippen LogP contribution in [0.5, 0.6) is 0 Å². The van der Waals surface area contributed by atoms with E-state index in [1.54, 1.807) is 0 Å². The number of hydrogen-bond acceptors (Lipinski definition) is 3. The van der Waals surface area contributed by atoms with Crippen molar-refractivity contribution in [2.45, 2.75) is 18.7 Å². The van der Waals surface area contributed by atoms with Crippen LogP contribution in [0, 0.1) is 0 Å². The maximum atomic E-state index is 10.8. The lowest BCUT2D eigenvalue weighted by molar-refractivity contribution is -0.143. The van der Waals surface area contributed by atoms with Gasteiger partial charge in [0.05, 0.1) is 6.61 Å². The van der Waals surface area contributed by atoms with E-state index in [9.17, 15) is 9.59 Å². The molecule has 1 N–H and O–H groups in total. The van der Waals surface area contributed by atoms with Crippen LogP contribution in [0.15, 0.2) is 12.2 Å². The van der Waals surface area contributed by atoms with Crippen LogP contribution < -0.4 is 0 Å². The molecule has 0 rings (SSSR count). The van der Waals surface area contributed by atoms with Gasteiger partial charge in [-0.2, -0.15) is 0 Å². The molecule has 0 amide bonds. The second-order valence-electron chi connectivity index (χ2n) is 2.44. The first-order valence-corrected chi connectivity index (χ1v) is 4.10. The summed E-state index contributed by atoms with van der Waals surface area (Å²) >= 11 is 5.39. The molecule has 0 radical (unpaired) electrons. The van der Waals surface area contributed by atoms with Gasteiger partial charge in [-0.05, 0) is 6.92 Å². The number of carboxylic acid groups (broad SMARTS) is 1. The van der Waals surface area contributed by atoms with Gasteiger partial charge in [-0.3, -0.25) is 4.79 Å². The number of carboxylic acids is 1. The van der Waals surface area contributed by atoms with E-state index >= 15 is 0 Å². The van der Waals surface area contributed by atoms with Crippen LogP contribution in [0.4, 0.5) is 0 Å². The number of aliphatic carboxylic acids is 1. The monoisotopic (exact) mass is 206 g/mol. The van der Waals surface area contributed by atoms with Crippen molar-refractivity contribution in [2.24, 2.45) is 0 Å². The SMILES string of the molecule is C=C(CCOC(=O)C(C)Cl)C(=O)O. The van der Waals surface area contributed by atoms with Crippen LogP contribution in [0.2, 0.25) is 0 Å². The largest absolute Gasteiger partial charge is 0.478 e. The van der Waals surface area contributed by atoms with Crippen molar-refractivity contribution in [3.63, 3.8) is 0 Å². The smallest absolute Gasteiger partial charge is 0.331 e. The molecule has 4 nitrogen and oxygen atoms in total. The van der Waals surface area contributed by atoms with Crippen molar-refractivity contribution in [2.75, 3.05) is 6.61 Å². The summed E-state index contributed by atoms with van der Waals surface area (Å²) in [5, 5.41) is 7.68. The van der Waals surface area contributed by atoms with Crippen molar-refractivity contribution < 1.29 is 19.4 Å². The van der Waals surface area contributed by atoms with E-state index in [0.29, 0.717) is 0 Å². The third kappa shape index (κ3) is 5.25. The van der Waals surface area contributed by atoms with Crippen LogP contribution in [0.1, 0.15) is 13.3 Å². The Balaban J connectivity index is 3.63. The molecule has 0 aliphatic heterocycles. The molecule has 13 heavy (non-hydrogen) atoms. The molecule has 1 unspecified atom stereocenters. The molecule has 0 aliphatic carbocycles. The Morgan fingerprint density at radius 2 is 2.15 bits per heavy atom. The van der Waals surface area contributed by atoms with Gasteiger partial charge >= 0.3 is 11.9 Å². The van der Waals surface area contributed by atoms with Crippen LogP contribution in [0.25, 0.3) is 0 Å². The Hall–Kier alpha value is -1.03. The first-order chi connectivity index (χ1) is 5.95. The molecular weight excluding hydrogens is 196 g/mol. The topological polar surface area (TPSA) is 63.6 Å². The van der Waals surface area contributed by atoms with Gasteiger partial charge in [0, 0.05) is 12.0 Å². The summed E-state index contributed by atoms with van der Waals surface area (Å²) in [6.07, 6.45) is 0.116. The molecule has 5 heteroatoms. The summed E-state index contributed by atoms with van der Waals surface area (Å²) in [7, 11) is 0. The van der Waals surface area contributed by atoms with Gasteiger partial charge in [-0.25, -0.2) is 4.79 Å². The first-order valence-electron chi connectivity index (χ1n) is 3.67. The second kappa shape index (κ2) is 5.59. The molecule has 0 aromatic carbocycles. The Morgan fingerprint density at radius 1 is 1.62 bits per heavy atom. The lowest BCUT2D eigenvalue weighted by atomic mass is 10.2. The molecule has 0 aliphatic rings. The minimum Gasteiger partial charge on any atom is -0.478 e. The Kier molecular flexibility index (Phi) is 5.14. The van der Waals surface area contributed by atoms with E-state index in [1.807, 2.05) is 0 Å². The van der Waals surface area contributed by atoms with Gasteiger partial charge < -0.3 is 9.84 Å². The fourth-order valence-electron chi connectivity index (χ4n) is 0.497. The van der Waals surface area contributed by atoms with Crippen molar-refractivity contribution in [1.29, 1.82) is 0 Å². The fraction of sp³-hybridized carbons (Fsp3) is 0.500. The first kappa shape index (κ1) is 12.0. The summed E-state index contributed by atoms with van der Waals surface area (Å²) in [5.74, 6) is -1.64. The fourth-order valence-corrected chi connectivity index (χ4v) is 0.560. The molecule has 74 valence electrons. The lowest BCUT2D eigenvalue weighted by Gasteiger charge is -2.05. The van der Waals surface area contributed by atoms with Crippen LogP contribution >= 0.6 is 11.6 Å². The van der Waals surface area contributed by atoms with Gasteiger partial charge in [-0.1, -0.05) is 6.58 Å². The van der Waals surface area contributed by atoms with E-state index in [-0.39, 0.29) is 18.6 Å². The molecule has 1 atom stereocenters. The molecule has 0 bridgehead atoms. The highest BCUT2D eigenvalue weighted by atomic mass is 35.5. The maximum absolute atomic E-state index is 10.8. The predicted molar refractivity (Wildman–Crippen MR) is 47.7 cm³/mol. The molecule has 0 spiro atoms. The standard InChI is InChI=1S/C8H11ClO4/c1-5(7(10)11)3-4-13-8(12)6(2)9/h6H,1,3-4H2,2H3,(H,10,11).